The zero-order valence-corrected chi connectivity index (χ0v) is 14.4. The Morgan fingerprint density at radius 2 is 1.36 bits per heavy atom. The first-order chi connectivity index (χ1) is 10.2. The van der Waals surface area contributed by atoms with Crippen LogP contribution in [-0.4, -0.2) is 12.2 Å². The molecule has 0 spiro atoms. The van der Waals surface area contributed by atoms with Crippen LogP contribution in [0, 0.1) is 0 Å². The molecule has 0 heterocycles. The molecule has 0 unspecified atom stereocenters. The normalized spacial score (nSPS) is 12.3. The van der Waals surface area contributed by atoms with Gasteiger partial charge in [-0.2, -0.15) is 0 Å². The molecule has 0 atom stereocenters. The first-order valence-electron chi connectivity index (χ1n) is 7.65. The second kappa shape index (κ2) is 5.68. The number of phenolic OH excluding ortho intramolecular Hbond substituents is 1. The summed E-state index contributed by atoms with van der Waals surface area (Å²) in [7, 11) is 1.67. The molecule has 2 heteroatoms. The third kappa shape index (κ3) is 3.11. The lowest BCUT2D eigenvalue weighted by Gasteiger charge is -2.29. The van der Waals surface area contributed by atoms with Gasteiger partial charge in [0.2, 0.25) is 0 Å². The standard InChI is InChI=1S/C20H26O2/c1-19(2,3)15-9-12-18(21)17(13-15)20(4,5)14-7-10-16(22-6)11-8-14/h7-13,21H,1-6H3. The summed E-state index contributed by atoms with van der Waals surface area (Å²) >= 11 is 0. The molecule has 0 aliphatic rings. The van der Waals surface area contributed by atoms with Crippen molar-refractivity contribution >= 4 is 0 Å². The number of benzene rings is 2. The minimum Gasteiger partial charge on any atom is -0.508 e. The largest absolute Gasteiger partial charge is 0.508 e. The highest BCUT2D eigenvalue weighted by molar-refractivity contribution is 5.49. The van der Waals surface area contributed by atoms with Gasteiger partial charge in [0.15, 0.2) is 0 Å². The van der Waals surface area contributed by atoms with Gasteiger partial charge in [0.05, 0.1) is 7.11 Å². The molecule has 0 saturated heterocycles. The van der Waals surface area contributed by atoms with Gasteiger partial charge in [-0.15, -0.1) is 0 Å². The van der Waals surface area contributed by atoms with Crippen LogP contribution in [-0.2, 0) is 10.8 Å². The van der Waals surface area contributed by atoms with Crippen molar-refractivity contribution in [2.24, 2.45) is 0 Å². The number of phenols is 1. The zero-order chi connectivity index (χ0) is 16.5. The second-order valence-electron chi connectivity index (χ2n) is 7.34. The second-order valence-corrected chi connectivity index (χ2v) is 7.34. The van der Waals surface area contributed by atoms with Crippen molar-refractivity contribution in [2.75, 3.05) is 7.11 Å². The Morgan fingerprint density at radius 3 is 1.86 bits per heavy atom. The first-order valence-corrected chi connectivity index (χ1v) is 7.65. The highest BCUT2D eigenvalue weighted by atomic mass is 16.5. The van der Waals surface area contributed by atoms with Crippen molar-refractivity contribution in [2.45, 2.75) is 45.4 Å². The molecular weight excluding hydrogens is 272 g/mol. The molecule has 118 valence electrons. The lowest BCUT2D eigenvalue weighted by molar-refractivity contribution is 0.414. The van der Waals surface area contributed by atoms with E-state index in [2.05, 4.69) is 52.8 Å². The van der Waals surface area contributed by atoms with Crippen molar-refractivity contribution < 1.29 is 9.84 Å². The Morgan fingerprint density at radius 1 is 0.818 bits per heavy atom. The molecule has 0 amide bonds. The predicted octanol–water partition coefficient (Wildman–Crippen LogP) is 5.02. The van der Waals surface area contributed by atoms with E-state index in [9.17, 15) is 5.11 Å². The fourth-order valence-electron chi connectivity index (χ4n) is 2.67. The first kappa shape index (κ1) is 16.4. The zero-order valence-electron chi connectivity index (χ0n) is 14.4. The molecule has 2 rings (SSSR count). The summed E-state index contributed by atoms with van der Waals surface area (Å²) in [5.41, 5.74) is 3.09. The minimum atomic E-state index is -0.280. The Kier molecular flexibility index (Phi) is 4.23. The van der Waals surface area contributed by atoms with Gasteiger partial charge in [0.25, 0.3) is 0 Å². The highest BCUT2D eigenvalue weighted by Gasteiger charge is 2.28. The Labute approximate surface area is 133 Å². The monoisotopic (exact) mass is 298 g/mol. The van der Waals surface area contributed by atoms with Gasteiger partial charge in [-0.3, -0.25) is 0 Å². The van der Waals surface area contributed by atoms with Crippen LogP contribution in [0.1, 0.15) is 51.3 Å². The maximum absolute atomic E-state index is 10.4. The third-order valence-corrected chi connectivity index (χ3v) is 4.35. The van der Waals surface area contributed by atoms with Crippen LogP contribution < -0.4 is 4.74 Å². The van der Waals surface area contributed by atoms with Gasteiger partial charge in [-0.1, -0.05) is 58.9 Å². The van der Waals surface area contributed by atoms with E-state index in [0.29, 0.717) is 5.75 Å². The summed E-state index contributed by atoms with van der Waals surface area (Å²) in [5.74, 6) is 1.18. The van der Waals surface area contributed by atoms with Crippen LogP contribution in [0.25, 0.3) is 0 Å². The van der Waals surface area contributed by atoms with E-state index in [1.165, 1.54) is 5.56 Å². The van der Waals surface area contributed by atoms with E-state index in [4.69, 9.17) is 4.74 Å². The topological polar surface area (TPSA) is 29.5 Å². The molecule has 22 heavy (non-hydrogen) atoms. The average molecular weight is 298 g/mol. The number of rotatable bonds is 3. The number of methoxy groups -OCH3 is 1. The number of hydrogen-bond donors (Lipinski definition) is 1. The summed E-state index contributed by atoms with van der Waals surface area (Å²) in [6.07, 6.45) is 0. The van der Waals surface area contributed by atoms with Gasteiger partial charge in [0.1, 0.15) is 11.5 Å². The van der Waals surface area contributed by atoms with Crippen molar-refractivity contribution in [3.05, 3.63) is 59.2 Å². The third-order valence-electron chi connectivity index (χ3n) is 4.35. The van der Waals surface area contributed by atoms with Gasteiger partial charge in [-0.05, 0) is 34.7 Å². The van der Waals surface area contributed by atoms with E-state index >= 15 is 0 Å². The number of hydrogen-bond acceptors (Lipinski definition) is 2. The number of aromatic hydroxyl groups is 1. The van der Waals surface area contributed by atoms with Crippen LogP contribution in [0.2, 0.25) is 0 Å². The molecule has 0 radical (unpaired) electrons. The molecular formula is C20H26O2. The SMILES string of the molecule is COc1ccc(C(C)(C)c2cc(C(C)(C)C)ccc2O)cc1. The average Bonchev–Trinajstić information content (AvgIpc) is 2.46. The van der Waals surface area contributed by atoms with Crippen molar-refractivity contribution in [3.63, 3.8) is 0 Å². The Hall–Kier alpha value is -1.96. The molecule has 2 aromatic rings. The lowest BCUT2D eigenvalue weighted by Crippen LogP contribution is -2.21. The van der Waals surface area contributed by atoms with Crippen LogP contribution >= 0.6 is 0 Å². The molecule has 2 nitrogen and oxygen atoms in total. The van der Waals surface area contributed by atoms with Crippen molar-refractivity contribution in [1.29, 1.82) is 0 Å². The maximum Gasteiger partial charge on any atom is 0.119 e. The molecule has 0 aromatic heterocycles. The van der Waals surface area contributed by atoms with E-state index in [-0.39, 0.29) is 10.8 Å². The van der Waals surface area contributed by atoms with Gasteiger partial charge in [-0.25, -0.2) is 0 Å². The minimum absolute atomic E-state index is 0.0540. The van der Waals surface area contributed by atoms with Crippen LogP contribution in [0.15, 0.2) is 42.5 Å². The van der Waals surface area contributed by atoms with E-state index in [1.807, 2.05) is 18.2 Å². The molecule has 0 saturated carbocycles. The summed E-state index contributed by atoms with van der Waals surface area (Å²) in [6.45, 7) is 10.8. The van der Waals surface area contributed by atoms with Gasteiger partial charge >= 0.3 is 0 Å². The molecule has 0 aliphatic carbocycles. The van der Waals surface area contributed by atoms with Crippen LogP contribution in [0.5, 0.6) is 11.5 Å². The van der Waals surface area contributed by atoms with Crippen LogP contribution in [0.3, 0.4) is 0 Å². The van der Waals surface area contributed by atoms with Crippen molar-refractivity contribution in [1.82, 2.24) is 0 Å². The maximum atomic E-state index is 10.4. The molecule has 0 fully saturated rings. The summed E-state index contributed by atoms with van der Waals surface area (Å²) < 4.78 is 5.23. The predicted molar refractivity (Wildman–Crippen MR) is 91.9 cm³/mol. The molecule has 2 aromatic carbocycles. The smallest absolute Gasteiger partial charge is 0.119 e. The summed E-state index contributed by atoms with van der Waals surface area (Å²) in [4.78, 5) is 0. The van der Waals surface area contributed by atoms with Gasteiger partial charge < -0.3 is 9.84 Å². The fraction of sp³-hybridized carbons (Fsp3) is 0.400. The quantitative estimate of drug-likeness (QED) is 0.861. The Balaban J connectivity index is 2.52. The van der Waals surface area contributed by atoms with E-state index < -0.39 is 0 Å². The van der Waals surface area contributed by atoms with E-state index in [1.54, 1.807) is 13.2 Å². The van der Waals surface area contributed by atoms with Crippen LogP contribution in [0.4, 0.5) is 0 Å². The fourth-order valence-corrected chi connectivity index (χ4v) is 2.67. The highest BCUT2D eigenvalue weighted by Crippen LogP contribution is 2.39. The number of ether oxygens (including phenoxy) is 1. The molecule has 0 bridgehead atoms. The summed E-state index contributed by atoms with van der Waals surface area (Å²) in [6, 6.07) is 14.0. The van der Waals surface area contributed by atoms with Gasteiger partial charge in [0, 0.05) is 11.0 Å². The summed E-state index contributed by atoms with van der Waals surface area (Å²) in [5, 5.41) is 10.4. The molecule has 1 N–H and O–H groups in total. The molecule has 0 aliphatic heterocycles. The van der Waals surface area contributed by atoms with Crippen molar-refractivity contribution in [3.8, 4) is 11.5 Å². The lowest BCUT2D eigenvalue weighted by atomic mass is 9.75. The Bertz CT molecular complexity index is 646. The van der Waals surface area contributed by atoms with E-state index in [0.717, 1.165) is 16.9 Å².